The van der Waals surface area contributed by atoms with E-state index in [-0.39, 0.29) is 15.0 Å². The second-order valence-corrected chi connectivity index (χ2v) is 4.69. The molecule has 3 N–H and O–H groups in total. The molecule has 0 amide bonds. The van der Waals surface area contributed by atoms with Crippen LogP contribution in [0.4, 0.5) is 0 Å². The molecular weight excluding hydrogens is 209 g/mol. The van der Waals surface area contributed by atoms with Crippen molar-refractivity contribution in [2.45, 2.75) is 23.1 Å². The summed E-state index contributed by atoms with van der Waals surface area (Å²) in [7, 11) is 0. The molecule has 1 atom stereocenters. The van der Waals surface area contributed by atoms with Gasteiger partial charge in [0.15, 0.2) is 0 Å². The zero-order valence-electron chi connectivity index (χ0n) is 6.54. The van der Waals surface area contributed by atoms with Gasteiger partial charge in [-0.25, -0.2) is 0 Å². The van der Waals surface area contributed by atoms with Crippen LogP contribution in [0, 0.1) is 0 Å². The normalized spacial score (nSPS) is 15.5. The van der Waals surface area contributed by atoms with Crippen molar-refractivity contribution < 1.29 is 9.90 Å². The molecule has 0 spiro atoms. The fourth-order valence-corrected chi connectivity index (χ4v) is 2.16. The summed E-state index contributed by atoms with van der Waals surface area (Å²) in [6.45, 7) is 5.09. The molecule has 0 aliphatic rings. The van der Waals surface area contributed by atoms with Crippen molar-refractivity contribution in [2.75, 3.05) is 0 Å². The van der Waals surface area contributed by atoms with Gasteiger partial charge in [-0.3, -0.25) is 0 Å². The van der Waals surface area contributed by atoms with Gasteiger partial charge in [-0.2, -0.15) is 0 Å². The average molecular weight is 222 g/mol. The van der Waals surface area contributed by atoms with Crippen LogP contribution in [0.2, 0.25) is 10.6 Å². The van der Waals surface area contributed by atoms with Crippen LogP contribution in [0.5, 0.6) is 0 Å². The molecule has 0 rings (SSSR count). The second kappa shape index (κ2) is 4.54. The zero-order valence-corrected chi connectivity index (χ0v) is 8.25. The molecule has 0 unspecified atom stereocenters. The predicted octanol–water partition coefficient (Wildman–Crippen LogP) is 0.515. The third-order valence-corrected chi connectivity index (χ3v) is 3.80. The van der Waals surface area contributed by atoms with Gasteiger partial charge in [0.2, 0.25) is 0 Å². The van der Waals surface area contributed by atoms with Gasteiger partial charge < -0.3 is 0 Å². The summed E-state index contributed by atoms with van der Waals surface area (Å²) in [6.07, 6.45) is 1.79. The fraction of sp³-hybridized carbons (Fsp3) is 0.571. The summed E-state index contributed by atoms with van der Waals surface area (Å²) >= 11 is 0.268. The SMILES string of the molecule is C=CC[Se]C[C@](C)(N)C(=O)O. The minimum atomic E-state index is -1.05. The number of carboxylic acid groups (broad SMARTS) is 1. The van der Waals surface area contributed by atoms with E-state index in [0.717, 1.165) is 5.32 Å². The molecule has 0 heterocycles. The van der Waals surface area contributed by atoms with Crippen molar-refractivity contribution in [3.8, 4) is 0 Å². The van der Waals surface area contributed by atoms with E-state index in [1.165, 1.54) is 0 Å². The summed E-state index contributed by atoms with van der Waals surface area (Å²) in [5, 5.41) is 10.0. The van der Waals surface area contributed by atoms with Gasteiger partial charge in [0, 0.05) is 0 Å². The number of carbonyl (C=O) groups is 1. The van der Waals surface area contributed by atoms with Crippen LogP contribution < -0.4 is 5.73 Å². The van der Waals surface area contributed by atoms with Gasteiger partial charge in [0.05, 0.1) is 0 Å². The number of aliphatic carboxylic acids is 1. The summed E-state index contributed by atoms with van der Waals surface area (Å²) < 4.78 is 0. The first-order valence-corrected chi connectivity index (χ1v) is 5.64. The van der Waals surface area contributed by atoms with E-state index in [0.29, 0.717) is 5.32 Å². The van der Waals surface area contributed by atoms with Crippen molar-refractivity contribution >= 4 is 20.9 Å². The van der Waals surface area contributed by atoms with Gasteiger partial charge in [0.25, 0.3) is 0 Å². The van der Waals surface area contributed by atoms with Gasteiger partial charge in [-0.05, 0) is 0 Å². The maximum absolute atomic E-state index is 10.5. The van der Waals surface area contributed by atoms with E-state index in [1.54, 1.807) is 13.0 Å². The van der Waals surface area contributed by atoms with E-state index >= 15 is 0 Å². The Balaban J connectivity index is 3.72. The molecule has 0 bridgehead atoms. The molecule has 0 saturated heterocycles. The Morgan fingerprint density at radius 1 is 1.91 bits per heavy atom. The van der Waals surface area contributed by atoms with Crippen molar-refractivity contribution in [3.63, 3.8) is 0 Å². The summed E-state index contributed by atoms with van der Waals surface area (Å²) in [5.41, 5.74) is 4.43. The number of carboxylic acids is 1. The minimum absolute atomic E-state index is 0.268. The quantitative estimate of drug-likeness (QED) is 0.405. The van der Waals surface area contributed by atoms with E-state index < -0.39 is 11.5 Å². The third kappa shape index (κ3) is 4.19. The molecule has 0 saturated carbocycles. The van der Waals surface area contributed by atoms with Crippen molar-refractivity contribution in [3.05, 3.63) is 12.7 Å². The molecule has 0 aromatic rings. The molecule has 3 nitrogen and oxygen atoms in total. The zero-order chi connectivity index (χ0) is 8.91. The summed E-state index contributed by atoms with van der Waals surface area (Å²) in [4.78, 5) is 10.5. The average Bonchev–Trinajstić information content (AvgIpc) is 1.88. The van der Waals surface area contributed by atoms with Gasteiger partial charge in [0.1, 0.15) is 0 Å². The Kier molecular flexibility index (Phi) is 4.42. The van der Waals surface area contributed by atoms with E-state index in [1.807, 2.05) is 0 Å². The van der Waals surface area contributed by atoms with E-state index in [2.05, 4.69) is 6.58 Å². The first-order valence-electron chi connectivity index (χ1n) is 3.21. The van der Waals surface area contributed by atoms with E-state index in [9.17, 15) is 4.79 Å². The second-order valence-electron chi connectivity index (χ2n) is 2.53. The van der Waals surface area contributed by atoms with Crippen molar-refractivity contribution in [1.29, 1.82) is 0 Å². The van der Waals surface area contributed by atoms with Gasteiger partial charge in [-0.1, -0.05) is 0 Å². The molecular formula is C7H13NO2Se. The Bertz CT molecular complexity index is 157. The first kappa shape index (κ1) is 10.7. The maximum atomic E-state index is 10.5. The van der Waals surface area contributed by atoms with Crippen LogP contribution in [0.15, 0.2) is 12.7 Å². The summed E-state index contributed by atoms with van der Waals surface area (Å²) in [6, 6.07) is 0. The van der Waals surface area contributed by atoms with Crippen molar-refractivity contribution in [1.82, 2.24) is 0 Å². The van der Waals surface area contributed by atoms with Crippen LogP contribution in [0.1, 0.15) is 6.92 Å². The molecule has 0 aromatic heterocycles. The van der Waals surface area contributed by atoms with Crippen LogP contribution in [0.25, 0.3) is 0 Å². The molecule has 4 heteroatoms. The Hall–Kier alpha value is -0.311. The standard InChI is InChI=1S/C7H13NO2Se/c1-3-4-11-5-7(2,8)6(9)10/h3H,1,4-5,8H2,2H3,(H,9,10)/t7-/m0/s1. The molecule has 0 fully saturated rings. The molecule has 0 radical (unpaired) electrons. The number of rotatable bonds is 5. The van der Waals surface area contributed by atoms with Crippen LogP contribution >= 0.6 is 0 Å². The number of hydrogen-bond acceptors (Lipinski definition) is 2. The number of hydrogen-bond donors (Lipinski definition) is 2. The topological polar surface area (TPSA) is 63.3 Å². The molecule has 11 heavy (non-hydrogen) atoms. The van der Waals surface area contributed by atoms with Gasteiger partial charge >= 0.3 is 72.3 Å². The predicted molar refractivity (Wildman–Crippen MR) is 45.8 cm³/mol. The molecule has 0 aromatic carbocycles. The Labute approximate surface area is 72.8 Å². The van der Waals surface area contributed by atoms with Gasteiger partial charge in [-0.15, -0.1) is 0 Å². The molecule has 0 aliphatic carbocycles. The number of allylic oxidation sites excluding steroid dienone is 1. The Morgan fingerprint density at radius 2 is 2.45 bits per heavy atom. The third-order valence-electron chi connectivity index (χ3n) is 1.13. The monoisotopic (exact) mass is 223 g/mol. The van der Waals surface area contributed by atoms with E-state index in [4.69, 9.17) is 10.8 Å². The van der Waals surface area contributed by atoms with Crippen molar-refractivity contribution in [2.24, 2.45) is 5.73 Å². The Morgan fingerprint density at radius 3 is 2.82 bits per heavy atom. The van der Waals surface area contributed by atoms with Crippen LogP contribution in [0.3, 0.4) is 0 Å². The van der Waals surface area contributed by atoms with Crippen LogP contribution in [-0.2, 0) is 4.79 Å². The molecule has 64 valence electrons. The molecule has 0 aliphatic heterocycles. The summed E-state index contributed by atoms with van der Waals surface area (Å²) in [5.74, 6) is -0.927. The first-order chi connectivity index (χ1) is 5.00. The van der Waals surface area contributed by atoms with Crippen LogP contribution in [-0.4, -0.2) is 31.6 Å². The fourth-order valence-electron chi connectivity index (χ4n) is 0.416. The number of nitrogens with two attached hydrogens (primary N) is 1.